The number of carbonyl (C=O) groups is 1. The van der Waals surface area contributed by atoms with Crippen molar-refractivity contribution in [1.82, 2.24) is 4.90 Å². The molecule has 4 nitrogen and oxygen atoms in total. The van der Waals surface area contributed by atoms with Crippen LogP contribution in [0.15, 0.2) is 42.5 Å². The Bertz CT molecular complexity index is 788. The zero-order chi connectivity index (χ0) is 18.7. The van der Waals surface area contributed by atoms with Crippen molar-refractivity contribution in [1.29, 1.82) is 0 Å². The predicted octanol–water partition coefficient (Wildman–Crippen LogP) is 3.34. The highest BCUT2D eigenvalue weighted by Crippen LogP contribution is 2.30. The van der Waals surface area contributed by atoms with E-state index in [-0.39, 0.29) is 17.9 Å². The Morgan fingerprint density at radius 2 is 1.88 bits per heavy atom. The van der Waals surface area contributed by atoms with E-state index in [1.54, 1.807) is 4.90 Å². The zero-order valence-electron chi connectivity index (χ0n) is 14.5. The molecule has 3 rings (SSSR count). The second-order valence-corrected chi connectivity index (χ2v) is 6.80. The highest BCUT2D eigenvalue weighted by Gasteiger charge is 2.26. The molecule has 0 saturated carbocycles. The smallest absolute Gasteiger partial charge is 0.224 e. The Kier molecular flexibility index (Phi) is 5.52. The Morgan fingerprint density at radius 3 is 2.54 bits per heavy atom. The fourth-order valence-corrected chi connectivity index (χ4v) is 3.50. The van der Waals surface area contributed by atoms with Crippen LogP contribution in [0.2, 0.25) is 0 Å². The van der Waals surface area contributed by atoms with E-state index < -0.39 is 17.7 Å². The number of nitrogen functional groups attached to an aromatic ring is 1. The van der Waals surface area contributed by atoms with Gasteiger partial charge in [-0.25, -0.2) is 8.78 Å². The van der Waals surface area contributed by atoms with Gasteiger partial charge in [-0.05, 0) is 42.5 Å². The van der Waals surface area contributed by atoms with Gasteiger partial charge in [-0.1, -0.05) is 18.2 Å². The SMILES string of the molecule is Nc1cccc(C2CCN(C(=O)CC(N)c3ccc(F)cc3F)CC2)c1. The number of piperidine rings is 1. The van der Waals surface area contributed by atoms with Gasteiger partial charge in [0.15, 0.2) is 0 Å². The molecule has 0 aromatic heterocycles. The largest absolute Gasteiger partial charge is 0.399 e. The van der Waals surface area contributed by atoms with Gasteiger partial charge in [-0.2, -0.15) is 0 Å². The van der Waals surface area contributed by atoms with E-state index in [1.165, 1.54) is 11.6 Å². The first-order chi connectivity index (χ1) is 12.4. The number of benzene rings is 2. The van der Waals surface area contributed by atoms with Crippen LogP contribution in [0.1, 0.15) is 42.3 Å². The molecule has 1 aliphatic rings. The lowest BCUT2D eigenvalue weighted by molar-refractivity contribution is -0.132. The average Bonchev–Trinajstić information content (AvgIpc) is 2.61. The van der Waals surface area contributed by atoms with E-state index in [2.05, 4.69) is 6.07 Å². The summed E-state index contributed by atoms with van der Waals surface area (Å²) < 4.78 is 26.8. The molecule has 0 aliphatic carbocycles. The van der Waals surface area contributed by atoms with E-state index in [0.29, 0.717) is 19.0 Å². The molecule has 1 atom stereocenters. The van der Waals surface area contributed by atoms with Crippen LogP contribution in [-0.4, -0.2) is 23.9 Å². The van der Waals surface area contributed by atoms with Gasteiger partial charge in [-0.15, -0.1) is 0 Å². The van der Waals surface area contributed by atoms with Gasteiger partial charge < -0.3 is 16.4 Å². The normalized spacial score (nSPS) is 16.5. The third kappa shape index (κ3) is 4.19. The summed E-state index contributed by atoms with van der Waals surface area (Å²) in [6.07, 6.45) is 1.72. The summed E-state index contributed by atoms with van der Waals surface area (Å²) in [5.41, 5.74) is 13.9. The van der Waals surface area contributed by atoms with Crippen LogP contribution in [0.3, 0.4) is 0 Å². The van der Waals surface area contributed by atoms with Crippen LogP contribution < -0.4 is 11.5 Å². The molecule has 2 aromatic rings. The van der Waals surface area contributed by atoms with Crippen molar-refractivity contribution in [3.63, 3.8) is 0 Å². The molecule has 0 spiro atoms. The van der Waals surface area contributed by atoms with Crippen LogP contribution >= 0.6 is 0 Å². The first kappa shape index (κ1) is 18.3. The van der Waals surface area contributed by atoms with Crippen molar-refractivity contribution in [2.45, 2.75) is 31.2 Å². The quantitative estimate of drug-likeness (QED) is 0.823. The molecule has 138 valence electrons. The van der Waals surface area contributed by atoms with Crippen molar-refractivity contribution >= 4 is 11.6 Å². The van der Waals surface area contributed by atoms with E-state index in [9.17, 15) is 13.6 Å². The van der Waals surface area contributed by atoms with E-state index >= 15 is 0 Å². The summed E-state index contributed by atoms with van der Waals surface area (Å²) in [4.78, 5) is 14.3. The van der Waals surface area contributed by atoms with Gasteiger partial charge in [-0.3, -0.25) is 4.79 Å². The van der Waals surface area contributed by atoms with Gasteiger partial charge >= 0.3 is 0 Å². The van der Waals surface area contributed by atoms with Crippen molar-refractivity contribution < 1.29 is 13.6 Å². The number of anilines is 1. The maximum atomic E-state index is 13.8. The minimum absolute atomic E-state index is 0.00546. The third-order valence-electron chi connectivity index (χ3n) is 4.99. The van der Waals surface area contributed by atoms with Crippen molar-refractivity contribution in [3.05, 3.63) is 65.2 Å². The van der Waals surface area contributed by atoms with Crippen LogP contribution in [-0.2, 0) is 4.79 Å². The lowest BCUT2D eigenvalue weighted by atomic mass is 9.89. The maximum Gasteiger partial charge on any atom is 0.224 e. The lowest BCUT2D eigenvalue weighted by Crippen LogP contribution is -2.39. The molecule has 26 heavy (non-hydrogen) atoms. The lowest BCUT2D eigenvalue weighted by Gasteiger charge is -2.33. The van der Waals surface area contributed by atoms with E-state index in [1.807, 2.05) is 18.2 Å². The Balaban J connectivity index is 1.56. The monoisotopic (exact) mass is 359 g/mol. The minimum Gasteiger partial charge on any atom is -0.399 e. The molecule has 2 aromatic carbocycles. The van der Waals surface area contributed by atoms with Crippen LogP contribution in [0, 0.1) is 11.6 Å². The summed E-state index contributed by atoms with van der Waals surface area (Å²) in [7, 11) is 0. The molecular formula is C20H23F2N3O. The number of hydrogen-bond acceptors (Lipinski definition) is 3. The van der Waals surface area contributed by atoms with Crippen molar-refractivity contribution in [3.8, 4) is 0 Å². The van der Waals surface area contributed by atoms with E-state index in [4.69, 9.17) is 11.5 Å². The number of halogens is 2. The van der Waals surface area contributed by atoms with Gasteiger partial charge in [0.1, 0.15) is 11.6 Å². The van der Waals surface area contributed by atoms with Gasteiger partial charge in [0, 0.05) is 42.9 Å². The highest BCUT2D eigenvalue weighted by molar-refractivity contribution is 5.77. The minimum atomic E-state index is -0.783. The van der Waals surface area contributed by atoms with Crippen molar-refractivity contribution in [2.75, 3.05) is 18.8 Å². The molecule has 6 heteroatoms. The summed E-state index contributed by atoms with van der Waals surface area (Å²) in [5, 5.41) is 0. The van der Waals surface area contributed by atoms with Crippen LogP contribution in [0.25, 0.3) is 0 Å². The molecular weight excluding hydrogens is 336 g/mol. The number of likely N-dealkylation sites (tertiary alicyclic amines) is 1. The molecule has 1 fully saturated rings. The van der Waals surface area contributed by atoms with Crippen LogP contribution in [0.4, 0.5) is 14.5 Å². The summed E-state index contributed by atoms with van der Waals surface area (Å²) in [5.74, 6) is -1.10. The first-order valence-corrected chi connectivity index (χ1v) is 8.78. The predicted molar refractivity (Wildman–Crippen MR) is 97.3 cm³/mol. The van der Waals surface area contributed by atoms with Crippen molar-refractivity contribution in [2.24, 2.45) is 5.73 Å². The van der Waals surface area contributed by atoms with Gasteiger partial charge in [0.2, 0.25) is 5.91 Å². The zero-order valence-corrected chi connectivity index (χ0v) is 14.5. The van der Waals surface area contributed by atoms with Gasteiger partial charge in [0.05, 0.1) is 0 Å². The standard InChI is InChI=1S/C20H23F2N3O/c21-15-4-5-17(18(22)11-15)19(24)12-20(26)25-8-6-13(7-9-25)14-2-1-3-16(23)10-14/h1-5,10-11,13,19H,6-9,12,23-24H2. The fraction of sp³-hybridized carbons (Fsp3) is 0.350. The first-order valence-electron chi connectivity index (χ1n) is 8.78. The second kappa shape index (κ2) is 7.83. The Labute approximate surface area is 151 Å². The molecule has 1 amide bonds. The fourth-order valence-electron chi connectivity index (χ4n) is 3.50. The molecule has 4 N–H and O–H groups in total. The highest BCUT2D eigenvalue weighted by atomic mass is 19.1. The number of hydrogen-bond donors (Lipinski definition) is 2. The van der Waals surface area contributed by atoms with E-state index in [0.717, 1.165) is 30.7 Å². The third-order valence-corrected chi connectivity index (χ3v) is 4.99. The number of nitrogens with zero attached hydrogens (tertiary/aromatic N) is 1. The average molecular weight is 359 g/mol. The maximum absolute atomic E-state index is 13.8. The molecule has 1 heterocycles. The summed E-state index contributed by atoms with van der Waals surface area (Å²) in [6, 6.07) is 10.3. The molecule has 0 radical (unpaired) electrons. The van der Waals surface area contributed by atoms with Gasteiger partial charge in [0.25, 0.3) is 0 Å². The van der Waals surface area contributed by atoms with Crippen LogP contribution in [0.5, 0.6) is 0 Å². The molecule has 1 saturated heterocycles. The number of rotatable bonds is 4. The number of amides is 1. The Hall–Kier alpha value is -2.47. The summed E-state index contributed by atoms with van der Waals surface area (Å²) >= 11 is 0. The number of nitrogens with two attached hydrogens (primary N) is 2. The number of carbonyl (C=O) groups excluding carboxylic acids is 1. The molecule has 1 unspecified atom stereocenters. The second-order valence-electron chi connectivity index (χ2n) is 6.80. The molecule has 1 aliphatic heterocycles. The molecule has 0 bridgehead atoms. The topological polar surface area (TPSA) is 72.3 Å². The summed E-state index contributed by atoms with van der Waals surface area (Å²) in [6.45, 7) is 1.27. The Morgan fingerprint density at radius 1 is 1.15 bits per heavy atom.